The average molecular weight is 374 g/mol. The van der Waals surface area contributed by atoms with Crippen molar-refractivity contribution in [2.45, 2.75) is 51.5 Å². The van der Waals surface area contributed by atoms with Gasteiger partial charge >= 0.3 is 0 Å². The van der Waals surface area contributed by atoms with Crippen molar-refractivity contribution in [1.82, 2.24) is 10.2 Å². The number of hydrogen-bond donors (Lipinski definition) is 1. The van der Waals surface area contributed by atoms with Gasteiger partial charge in [0, 0.05) is 12.6 Å². The average Bonchev–Trinajstić information content (AvgIpc) is 3.53. The van der Waals surface area contributed by atoms with E-state index in [0.29, 0.717) is 26.0 Å². The van der Waals surface area contributed by atoms with E-state index >= 15 is 0 Å². The Bertz CT molecular complexity index is 655. The Kier molecular flexibility index (Phi) is 6.24. The monoisotopic (exact) mass is 374 g/mol. The molecule has 27 heavy (non-hydrogen) atoms. The van der Waals surface area contributed by atoms with E-state index in [2.05, 4.69) is 12.2 Å². The van der Waals surface area contributed by atoms with Crippen LogP contribution in [0, 0.1) is 5.41 Å². The highest BCUT2D eigenvalue weighted by atomic mass is 16.5. The Morgan fingerprint density at radius 1 is 1.19 bits per heavy atom. The molecule has 3 rings (SSSR count). The molecule has 1 aromatic rings. The maximum Gasteiger partial charge on any atom is 0.238 e. The molecule has 1 heterocycles. The summed E-state index contributed by atoms with van der Waals surface area (Å²) in [6.45, 7) is 3.65. The Hall–Kier alpha value is -2.24. The normalized spacial score (nSPS) is 20.7. The fourth-order valence-corrected chi connectivity index (χ4v) is 3.80. The van der Waals surface area contributed by atoms with Crippen molar-refractivity contribution < 1.29 is 19.1 Å². The third kappa shape index (κ3) is 4.37. The zero-order valence-electron chi connectivity index (χ0n) is 16.3. The fraction of sp³-hybridized carbons (Fsp3) is 0.619. The van der Waals surface area contributed by atoms with Crippen molar-refractivity contribution in [1.29, 1.82) is 0 Å². The Morgan fingerprint density at radius 3 is 2.52 bits per heavy atom. The van der Waals surface area contributed by atoms with Crippen molar-refractivity contribution in [3.63, 3.8) is 0 Å². The molecule has 2 aliphatic rings. The first-order chi connectivity index (χ1) is 13.1. The van der Waals surface area contributed by atoms with Crippen molar-refractivity contribution in [2.75, 3.05) is 26.8 Å². The van der Waals surface area contributed by atoms with Gasteiger partial charge in [0.2, 0.25) is 11.8 Å². The number of amides is 2. The molecule has 2 amide bonds. The number of piperidine rings is 1. The lowest BCUT2D eigenvalue weighted by Gasteiger charge is -2.37. The second kappa shape index (κ2) is 8.63. The van der Waals surface area contributed by atoms with Crippen LogP contribution in [0.1, 0.15) is 45.4 Å². The SMILES string of the molecule is CCC1CCCCN1C(=O)C1(C(=O)NCCOc2ccc(OC)cc2)CC1. The van der Waals surface area contributed by atoms with Gasteiger partial charge in [-0.25, -0.2) is 0 Å². The van der Waals surface area contributed by atoms with Gasteiger partial charge in [-0.1, -0.05) is 6.92 Å². The molecule has 1 aromatic carbocycles. The molecule has 1 N–H and O–H groups in total. The molecule has 6 nitrogen and oxygen atoms in total. The van der Waals surface area contributed by atoms with E-state index in [0.717, 1.165) is 37.3 Å². The van der Waals surface area contributed by atoms with Crippen molar-refractivity contribution in [2.24, 2.45) is 5.41 Å². The van der Waals surface area contributed by atoms with E-state index in [-0.39, 0.29) is 17.9 Å². The number of nitrogens with zero attached hydrogens (tertiary/aromatic N) is 1. The molecule has 1 aliphatic heterocycles. The fourth-order valence-electron chi connectivity index (χ4n) is 3.80. The molecule has 0 radical (unpaired) electrons. The number of ether oxygens (including phenoxy) is 2. The van der Waals surface area contributed by atoms with Crippen LogP contribution in [0.4, 0.5) is 0 Å². The lowest BCUT2D eigenvalue weighted by Crippen LogP contribution is -2.51. The number of rotatable bonds is 8. The minimum Gasteiger partial charge on any atom is -0.497 e. The molecule has 1 atom stereocenters. The quantitative estimate of drug-likeness (QED) is 0.561. The summed E-state index contributed by atoms with van der Waals surface area (Å²) in [5.74, 6) is 1.38. The lowest BCUT2D eigenvalue weighted by molar-refractivity contribution is -0.147. The predicted octanol–water partition coefficient (Wildman–Crippen LogP) is 2.76. The van der Waals surface area contributed by atoms with Crippen LogP contribution in [0.25, 0.3) is 0 Å². The summed E-state index contributed by atoms with van der Waals surface area (Å²) in [5.41, 5.74) is -0.828. The predicted molar refractivity (Wildman–Crippen MR) is 103 cm³/mol. The van der Waals surface area contributed by atoms with Gasteiger partial charge in [-0.3, -0.25) is 9.59 Å². The number of carbonyl (C=O) groups excluding carboxylic acids is 2. The summed E-state index contributed by atoms with van der Waals surface area (Å²) in [4.78, 5) is 27.7. The first-order valence-corrected chi connectivity index (χ1v) is 9.97. The maximum atomic E-state index is 13.0. The summed E-state index contributed by atoms with van der Waals surface area (Å²) in [5, 5.41) is 2.89. The maximum absolute atomic E-state index is 13.0. The van der Waals surface area contributed by atoms with E-state index in [1.807, 2.05) is 29.2 Å². The van der Waals surface area contributed by atoms with E-state index in [4.69, 9.17) is 9.47 Å². The van der Waals surface area contributed by atoms with E-state index in [1.165, 1.54) is 6.42 Å². The molecular weight excluding hydrogens is 344 g/mol. The third-order valence-electron chi connectivity index (χ3n) is 5.67. The molecule has 2 fully saturated rings. The van der Waals surface area contributed by atoms with Crippen molar-refractivity contribution >= 4 is 11.8 Å². The summed E-state index contributed by atoms with van der Waals surface area (Å²) >= 11 is 0. The highest BCUT2D eigenvalue weighted by molar-refractivity contribution is 6.08. The smallest absolute Gasteiger partial charge is 0.238 e. The van der Waals surface area contributed by atoms with Gasteiger partial charge in [0.15, 0.2) is 0 Å². The van der Waals surface area contributed by atoms with E-state index in [1.54, 1.807) is 7.11 Å². The second-order valence-electron chi connectivity index (χ2n) is 7.42. The molecule has 6 heteroatoms. The van der Waals surface area contributed by atoms with E-state index < -0.39 is 5.41 Å². The number of hydrogen-bond acceptors (Lipinski definition) is 4. The first-order valence-electron chi connectivity index (χ1n) is 9.97. The zero-order chi connectivity index (χ0) is 19.3. The van der Waals surface area contributed by atoms with Crippen molar-refractivity contribution in [3.8, 4) is 11.5 Å². The standard InChI is InChI=1S/C21H30N2O4/c1-3-16-6-4-5-14-23(16)20(25)21(11-12-21)19(24)22-13-15-27-18-9-7-17(26-2)8-10-18/h7-10,16H,3-6,11-15H2,1-2H3,(H,22,24). The summed E-state index contributed by atoms with van der Waals surface area (Å²) in [6, 6.07) is 7.60. The summed E-state index contributed by atoms with van der Waals surface area (Å²) in [7, 11) is 1.62. The molecule has 1 saturated heterocycles. The van der Waals surface area contributed by atoms with Crippen molar-refractivity contribution in [3.05, 3.63) is 24.3 Å². The minimum absolute atomic E-state index is 0.0302. The topological polar surface area (TPSA) is 67.9 Å². The molecule has 148 valence electrons. The van der Waals surface area contributed by atoms with Crippen LogP contribution in [0.15, 0.2) is 24.3 Å². The summed E-state index contributed by atoms with van der Waals surface area (Å²) in [6.07, 6.45) is 5.53. The Morgan fingerprint density at radius 2 is 1.89 bits per heavy atom. The van der Waals surface area contributed by atoms with Gasteiger partial charge in [0.1, 0.15) is 23.5 Å². The van der Waals surface area contributed by atoms with Crippen LogP contribution in [0.5, 0.6) is 11.5 Å². The van der Waals surface area contributed by atoms with Gasteiger partial charge in [-0.2, -0.15) is 0 Å². The van der Waals surface area contributed by atoms with Crippen LogP contribution in [0.2, 0.25) is 0 Å². The number of methoxy groups -OCH3 is 1. The van der Waals surface area contributed by atoms with Crippen LogP contribution in [-0.4, -0.2) is 49.6 Å². The molecule has 0 bridgehead atoms. The zero-order valence-corrected chi connectivity index (χ0v) is 16.3. The van der Waals surface area contributed by atoms with Crippen LogP contribution < -0.4 is 14.8 Å². The minimum atomic E-state index is -0.828. The second-order valence-corrected chi connectivity index (χ2v) is 7.42. The number of carbonyl (C=O) groups is 2. The molecule has 1 aliphatic carbocycles. The van der Waals surface area contributed by atoms with Crippen LogP contribution >= 0.6 is 0 Å². The van der Waals surface area contributed by atoms with Gasteiger partial charge in [0.25, 0.3) is 0 Å². The summed E-state index contributed by atoms with van der Waals surface area (Å²) < 4.78 is 10.7. The largest absolute Gasteiger partial charge is 0.497 e. The van der Waals surface area contributed by atoms with Gasteiger partial charge < -0.3 is 19.7 Å². The van der Waals surface area contributed by atoms with Gasteiger partial charge in [-0.15, -0.1) is 0 Å². The highest BCUT2D eigenvalue weighted by Crippen LogP contribution is 2.48. The molecule has 0 spiro atoms. The molecular formula is C21H30N2O4. The third-order valence-corrected chi connectivity index (χ3v) is 5.67. The number of nitrogens with one attached hydrogen (secondary N) is 1. The Balaban J connectivity index is 1.47. The van der Waals surface area contributed by atoms with Gasteiger partial charge in [0.05, 0.1) is 13.7 Å². The number of likely N-dealkylation sites (tertiary alicyclic amines) is 1. The Labute approximate surface area is 161 Å². The molecule has 1 unspecified atom stereocenters. The highest BCUT2D eigenvalue weighted by Gasteiger charge is 2.58. The van der Waals surface area contributed by atoms with Gasteiger partial charge in [-0.05, 0) is 62.8 Å². The van der Waals surface area contributed by atoms with Crippen LogP contribution in [-0.2, 0) is 9.59 Å². The van der Waals surface area contributed by atoms with Crippen LogP contribution in [0.3, 0.4) is 0 Å². The molecule has 0 aromatic heterocycles. The molecule has 1 saturated carbocycles. The van der Waals surface area contributed by atoms with E-state index in [9.17, 15) is 9.59 Å². The number of benzene rings is 1. The lowest BCUT2D eigenvalue weighted by atomic mass is 9.95. The first kappa shape index (κ1) is 19.5.